The number of aryl methyl sites for hydroxylation is 1. The van der Waals surface area contributed by atoms with Gasteiger partial charge in [0, 0.05) is 23.9 Å². The van der Waals surface area contributed by atoms with Gasteiger partial charge in [-0.3, -0.25) is 4.79 Å². The molecule has 0 amide bonds. The largest absolute Gasteiger partial charge is 0.465 e. The Hall–Kier alpha value is -4.31. The van der Waals surface area contributed by atoms with E-state index in [1.807, 2.05) is 66.4 Å². The number of hydrogen-bond donors (Lipinski definition) is 1. The van der Waals surface area contributed by atoms with E-state index in [0.29, 0.717) is 35.5 Å². The number of carbonyl (C=O) groups is 1. The summed E-state index contributed by atoms with van der Waals surface area (Å²) in [4.78, 5) is 18.9. The molecule has 36 heavy (non-hydrogen) atoms. The molecule has 5 aromatic rings. The third-order valence-corrected chi connectivity index (χ3v) is 5.91. The summed E-state index contributed by atoms with van der Waals surface area (Å²) in [5.74, 6) is 0.901. The van der Waals surface area contributed by atoms with Crippen LogP contribution in [0.2, 0.25) is 5.02 Å². The molecular formula is C25H23ClN8O2. The van der Waals surface area contributed by atoms with Crippen molar-refractivity contribution >= 4 is 29.0 Å². The molecule has 0 atom stereocenters. The highest BCUT2D eigenvalue weighted by atomic mass is 35.5. The molecule has 0 bridgehead atoms. The van der Waals surface area contributed by atoms with Gasteiger partial charge in [-0.1, -0.05) is 60.1 Å². The zero-order valence-corrected chi connectivity index (χ0v) is 20.5. The molecule has 0 saturated carbocycles. The van der Waals surface area contributed by atoms with E-state index in [0.717, 1.165) is 27.9 Å². The lowest BCUT2D eigenvalue weighted by Crippen LogP contribution is -2.32. The minimum Gasteiger partial charge on any atom is -0.465 e. The number of esters is 1. The van der Waals surface area contributed by atoms with Crippen molar-refractivity contribution in [2.45, 2.75) is 20.4 Å². The fraction of sp³-hybridized carbons (Fsp3) is 0.200. The topological polar surface area (TPSA) is 114 Å². The highest BCUT2D eigenvalue weighted by molar-refractivity contribution is 6.33. The second-order valence-electron chi connectivity index (χ2n) is 8.12. The summed E-state index contributed by atoms with van der Waals surface area (Å²) in [6, 6.07) is 17.9. The van der Waals surface area contributed by atoms with Crippen LogP contribution in [0.15, 0.2) is 60.8 Å². The first-order chi connectivity index (χ1) is 17.5. The summed E-state index contributed by atoms with van der Waals surface area (Å²) in [5, 5.41) is 19.2. The average molecular weight is 503 g/mol. The first-order valence-electron chi connectivity index (χ1n) is 11.4. The van der Waals surface area contributed by atoms with Crippen LogP contribution in [0.4, 0.5) is 5.82 Å². The Morgan fingerprint density at radius 3 is 2.64 bits per heavy atom. The summed E-state index contributed by atoms with van der Waals surface area (Å²) in [6.07, 6.45) is 1.55. The van der Waals surface area contributed by atoms with Crippen molar-refractivity contribution in [3.63, 3.8) is 0 Å². The number of aromatic nitrogens is 7. The fourth-order valence-corrected chi connectivity index (χ4v) is 4.23. The highest BCUT2D eigenvalue weighted by Gasteiger charge is 2.19. The van der Waals surface area contributed by atoms with Crippen molar-refractivity contribution in [3.8, 4) is 22.5 Å². The Morgan fingerprint density at radius 1 is 1.14 bits per heavy atom. The number of tetrazole rings is 1. The number of aromatic amines is 1. The Balaban J connectivity index is 1.47. The van der Waals surface area contributed by atoms with Gasteiger partial charge in [-0.15, -0.1) is 10.2 Å². The van der Waals surface area contributed by atoms with Crippen molar-refractivity contribution in [2.24, 2.45) is 0 Å². The first kappa shape index (κ1) is 23.4. The van der Waals surface area contributed by atoms with Crippen LogP contribution in [-0.4, -0.2) is 54.3 Å². The number of carbonyl (C=O) groups excluding carboxylic acids is 1. The smallest absolute Gasteiger partial charge is 0.325 e. The van der Waals surface area contributed by atoms with Crippen LogP contribution in [0.1, 0.15) is 18.2 Å². The Kier molecular flexibility index (Phi) is 6.59. The number of fused-ring (bicyclic) bond motifs is 1. The van der Waals surface area contributed by atoms with E-state index in [1.165, 1.54) is 0 Å². The van der Waals surface area contributed by atoms with Crippen LogP contribution < -0.4 is 4.90 Å². The molecule has 0 saturated heterocycles. The van der Waals surface area contributed by atoms with Crippen LogP contribution in [0.5, 0.6) is 0 Å². The predicted octanol–water partition coefficient (Wildman–Crippen LogP) is 4.11. The number of nitrogens with one attached hydrogen (secondary N) is 1. The number of halogens is 1. The molecule has 182 valence electrons. The van der Waals surface area contributed by atoms with Gasteiger partial charge >= 0.3 is 5.97 Å². The predicted molar refractivity (Wildman–Crippen MR) is 135 cm³/mol. The van der Waals surface area contributed by atoms with Gasteiger partial charge in [0.25, 0.3) is 0 Å². The van der Waals surface area contributed by atoms with Gasteiger partial charge in [-0.05, 0) is 35.8 Å². The number of anilines is 1. The number of rotatable bonds is 8. The molecule has 5 rings (SSSR count). The van der Waals surface area contributed by atoms with E-state index in [4.69, 9.17) is 16.3 Å². The number of ether oxygens (including phenoxy) is 1. The van der Waals surface area contributed by atoms with Crippen molar-refractivity contribution in [3.05, 3.63) is 77.1 Å². The van der Waals surface area contributed by atoms with E-state index >= 15 is 0 Å². The SMILES string of the molecule is CCOC(=O)CN(Cc1ccc(-c2ccccc2-c2nn[nH]n2)cc1)c1cc(C)nc2c(Cl)cnn12. The maximum Gasteiger partial charge on any atom is 0.325 e. The molecule has 0 radical (unpaired) electrons. The molecule has 11 heteroatoms. The average Bonchev–Trinajstić information content (AvgIpc) is 3.54. The van der Waals surface area contributed by atoms with Crippen LogP contribution in [0.25, 0.3) is 28.2 Å². The van der Waals surface area contributed by atoms with Crippen molar-refractivity contribution in [2.75, 3.05) is 18.1 Å². The summed E-state index contributed by atoms with van der Waals surface area (Å²) >= 11 is 6.29. The van der Waals surface area contributed by atoms with E-state index in [-0.39, 0.29) is 12.5 Å². The first-order valence-corrected chi connectivity index (χ1v) is 11.7. The third-order valence-electron chi connectivity index (χ3n) is 5.64. The molecule has 1 N–H and O–H groups in total. The zero-order chi connectivity index (χ0) is 25.1. The van der Waals surface area contributed by atoms with Gasteiger partial charge in [-0.25, -0.2) is 4.98 Å². The quantitative estimate of drug-likeness (QED) is 0.315. The summed E-state index contributed by atoms with van der Waals surface area (Å²) < 4.78 is 6.88. The maximum atomic E-state index is 12.5. The highest BCUT2D eigenvalue weighted by Crippen LogP contribution is 2.30. The number of nitrogens with zero attached hydrogens (tertiary/aromatic N) is 7. The molecule has 0 aliphatic heterocycles. The Morgan fingerprint density at radius 2 is 1.92 bits per heavy atom. The van der Waals surface area contributed by atoms with Crippen LogP contribution in [0, 0.1) is 6.92 Å². The molecule has 0 spiro atoms. The monoisotopic (exact) mass is 502 g/mol. The molecule has 3 aromatic heterocycles. The second kappa shape index (κ2) is 10.1. The molecular weight excluding hydrogens is 480 g/mol. The molecule has 0 aliphatic rings. The molecule has 2 aromatic carbocycles. The molecule has 0 aliphatic carbocycles. The van der Waals surface area contributed by atoms with Crippen LogP contribution in [-0.2, 0) is 16.1 Å². The van der Waals surface area contributed by atoms with Gasteiger partial charge in [-0.2, -0.15) is 14.8 Å². The minimum atomic E-state index is -0.330. The van der Waals surface area contributed by atoms with Crippen molar-refractivity contribution < 1.29 is 9.53 Å². The number of benzene rings is 2. The lowest BCUT2D eigenvalue weighted by atomic mass is 9.98. The third kappa shape index (κ3) is 4.76. The van der Waals surface area contributed by atoms with Gasteiger partial charge in [0.05, 0.1) is 12.8 Å². The minimum absolute atomic E-state index is 0.0479. The van der Waals surface area contributed by atoms with Crippen LogP contribution in [0.3, 0.4) is 0 Å². The zero-order valence-electron chi connectivity index (χ0n) is 19.7. The van der Waals surface area contributed by atoms with E-state index in [2.05, 4.69) is 30.7 Å². The lowest BCUT2D eigenvalue weighted by molar-refractivity contribution is -0.141. The van der Waals surface area contributed by atoms with E-state index in [1.54, 1.807) is 17.6 Å². The number of hydrogen-bond acceptors (Lipinski definition) is 8. The van der Waals surface area contributed by atoms with Crippen LogP contribution >= 0.6 is 11.6 Å². The maximum absolute atomic E-state index is 12.5. The van der Waals surface area contributed by atoms with Gasteiger partial charge in [0.2, 0.25) is 5.82 Å². The van der Waals surface area contributed by atoms with Gasteiger partial charge in [0.1, 0.15) is 17.4 Å². The summed E-state index contributed by atoms with van der Waals surface area (Å²) in [5.41, 5.74) is 5.19. The summed E-state index contributed by atoms with van der Waals surface area (Å²) in [6.45, 7) is 4.47. The fourth-order valence-electron chi connectivity index (χ4n) is 4.06. The van der Waals surface area contributed by atoms with Crippen molar-refractivity contribution in [1.82, 2.24) is 35.2 Å². The number of H-pyrrole nitrogens is 1. The molecule has 10 nitrogen and oxygen atoms in total. The Labute approximate surface area is 211 Å². The molecule has 0 fully saturated rings. The summed E-state index contributed by atoms with van der Waals surface area (Å²) in [7, 11) is 0. The van der Waals surface area contributed by atoms with E-state index < -0.39 is 0 Å². The second-order valence-corrected chi connectivity index (χ2v) is 8.53. The van der Waals surface area contributed by atoms with E-state index in [9.17, 15) is 4.79 Å². The van der Waals surface area contributed by atoms with Gasteiger partial charge in [0.15, 0.2) is 5.65 Å². The molecule has 0 unspecified atom stereocenters. The van der Waals surface area contributed by atoms with Gasteiger partial charge < -0.3 is 9.64 Å². The standard InChI is InChI=1S/C25H23ClN8O2/c1-3-36-23(35)15-33(22-12-16(2)28-25-21(26)13-27-34(22)25)14-17-8-10-18(11-9-17)19-6-4-5-7-20(19)24-29-31-32-30-24/h4-13H,3,14-15H2,1-2H3,(H,29,30,31,32). The normalized spacial score (nSPS) is 11.1. The molecule has 3 heterocycles. The Bertz CT molecular complexity index is 1500. The lowest BCUT2D eigenvalue weighted by Gasteiger charge is -2.25. The van der Waals surface area contributed by atoms with Crippen molar-refractivity contribution in [1.29, 1.82) is 0 Å².